The number of sulfonamides is 1. The van der Waals surface area contributed by atoms with Crippen molar-refractivity contribution in [1.82, 2.24) is 9.29 Å². The molecule has 0 radical (unpaired) electrons. The number of nitrogens with one attached hydrogen (secondary N) is 1. The Balaban J connectivity index is 3.11. The van der Waals surface area contributed by atoms with E-state index in [1.807, 2.05) is 6.07 Å². The molecule has 1 heterocycles. The van der Waals surface area contributed by atoms with Crippen LogP contribution in [0.1, 0.15) is 6.42 Å². The average Bonchev–Trinajstić information content (AvgIpc) is 2.47. The van der Waals surface area contributed by atoms with Gasteiger partial charge in [0.15, 0.2) is 0 Å². The zero-order valence-corrected chi connectivity index (χ0v) is 12.4. The molecule has 20 heavy (non-hydrogen) atoms. The van der Waals surface area contributed by atoms with Gasteiger partial charge >= 0.3 is 0 Å². The van der Waals surface area contributed by atoms with Crippen LogP contribution in [0.2, 0.25) is 0 Å². The molecule has 0 aliphatic heterocycles. The number of nitriles is 1. The molecule has 0 atom stereocenters. The number of aromatic nitrogens is 1. The van der Waals surface area contributed by atoms with Crippen molar-refractivity contribution in [2.45, 2.75) is 11.3 Å². The van der Waals surface area contributed by atoms with Crippen molar-refractivity contribution in [3.63, 3.8) is 0 Å². The highest BCUT2D eigenvalue weighted by molar-refractivity contribution is 7.89. The maximum Gasteiger partial charge on any atom is 0.246 e. The summed E-state index contributed by atoms with van der Waals surface area (Å²) in [4.78, 5) is 3.95. The van der Waals surface area contributed by atoms with Crippen LogP contribution < -0.4 is 5.32 Å². The van der Waals surface area contributed by atoms with Gasteiger partial charge in [-0.1, -0.05) is 0 Å². The molecule has 0 amide bonds. The van der Waals surface area contributed by atoms with E-state index in [0.29, 0.717) is 5.69 Å². The topological polar surface area (TPSA) is 95.3 Å². The first-order valence-electron chi connectivity index (χ1n) is 6.05. The predicted octanol–water partition coefficient (Wildman–Crippen LogP) is 0.674. The van der Waals surface area contributed by atoms with Crippen molar-refractivity contribution in [3.05, 3.63) is 18.5 Å². The van der Waals surface area contributed by atoms with Gasteiger partial charge in [0.1, 0.15) is 4.90 Å². The molecule has 0 saturated carbocycles. The molecular formula is C12H18N4O3S. The predicted molar refractivity (Wildman–Crippen MR) is 74.6 cm³/mol. The lowest BCUT2D eigenvalue weighted by molar-refractivity contribution is 0.179. The number of hydrogen-bond donors (Lipinski definition) is 1. The maximum atomic E-state index is 12.6. The average molecular weight is 298 g/mol. The summed E-state index contributed by atoms with van der Waals surface area (Å²) < 4.78 is 31.4. The van der Waals surface area contributed by atoms with Crippen LogP contribution in [0, 0.1) is 11.3 Å². The van der Waals surface area contributed by atoms with E-state index in [2.05, 4.69) is 10.3 Å². The van der Waals surface area contributed by atoms with Crippen LogP contribution in [0.4, 0.5) is 5.69 Å². The van der Waals surface area contributed by atoms with E-state index >= 15 is 0 Å². The van der Waals surface area contributed by atoms with E-state index in [1.54, 1.807) is 13.1 Å². The lowest BCUT2D eigenvalue weighted by Gasteiger charge is -2.21. The Bertz CT molecular complexity index is 568. The smallest absolute Gasteiger partial charge is 0.246 e. The zero-order valence-electron chi connectivity index (χ0n) is 11.5. The summed E-state index contributed by atoms with van der Waals surface area (Å²) in [7, 11) is -0.571. The Morgan fingerprint density at radius 2 is 2.25 bits per heavy atom. The van der Waals surface area contributed by atoms with Crippen LogP contribution in [0.5, 0.6) is 0 Å². The monoisotopic (exact) mass is 298 g/mol. The summed E-state index contributed by atoms with van der Waals surface area (Å²) in [6, 6.07) is 3.54. The van der Waals surface area contributed by atoms with Gasteiger partial charge < -0.3 is 10.1 Å². The third kappa shape index (κ3) is 3.90. The first-order chi connectivity index (χ1) is 9.57. The Kier molecular flexibility index (Phi) is 6.38. The highest BCUT2D eigenvalue weighted by atomic mass is 32.2. The SMILES string of the molecule is CNc1ccncc1S(=O)(=O)N(CCC#N)CCOC. The van der Waals surface area contributed by atoms with Gasteiger partial charge in [0.2, 0.25) is 10.0 Å². The first kappa shape index (κ1) is 16.4. The largest absolute Gasteiger partial charge is 0.387 e. The minimum atomic E-state index is -3.71. The minimum Gasteiger partial charge on any atom is -0.387 e. The minimum absolute atomic E-state index is 0.0940. The van der Waals surface area contributed by atoms with Gasteiger partial charge in [0, 0.05) is 46.1 Å². The van der Waals surface area contributed by atoms with Crippen LogP contribution in [0.15, 0.2) is 23.4 Å². The van der Waals surface area contributed by atoms with Crippen molar-refractivity contribution in [3.8, 4) is 6.07 Å². The summed E-state index contributed by atoms with van der Waals surface area (Å²) in [5.74, 6) is 0. The van der Waals surface area contributed by atoms with Gasteiger partial charge in [-0.2, -0.15) is 9.57 Å². The maximum absolute atomic E-state index is 12.6. The summed E-state index contributed by atoms with van der Waals surface area (Å²) in [6.07, 6.45) is 2.94. The number of methoxy groups -OCH3 is 1. The number of ether oxygens (including phenoxy) is 1. The van der Waals surface area contributed by atoms with Crippen LogP contribution in [0.3, 0.4) is 0 Å². The van der Waals surface area contributed by atoms with Gasteiger partial charge in [-0.05, 0) is 6.07 Å². The van der Waals surface area contributed by atoms with Crippen LogP contribution >= 0.6 is 0 Å². The Hall–Kier alpha value is -1.69. The number of pyridine rings is 1. The molecule has 0 saturated heterocycles. The molecule has 0 unspecified atom stereocenters. The highest BCUT2D eigenvalue weighted by Crippen LogP contribution is 2.23. The molecule has 8 heteroatoms. The van der Waals surface area contributed by atoms with Gasteiger partial charge in [-0.3, -0.25) is 4.98 Å². The lowest BCUT2D eigenvalue weighted by atomic mass is 10.4. The molecule has 0 aliphatic carbocycles. The second-order valence-electron chi connectivity index (χ2n) is 3.93. The van der Waals surface area contributed by atoms with Gasteiger partial charge in [-0.25, -0.2) is 8.42 Å². The van der Waals surface area contributed by atoms with E-state index < -0.39 is 10.0 Å². The molecule has 0 aliphatic rings. The number of rotatable bonds is 8. The molecular weight excluding hydrogens is 280 g/mol. The standard InChI is InChI=1S/C12H18N4O3S/c1-14-11-4-6-15-10-12(11)20(17,18)16(7-3-5-13)8-9-19-2/h4,6,10H,3,7-9H2,1-2H3,(H,14,15). The van der Waals surface area contributed by atoms with E-state index in [-0.39, 0.29) is 31.0 Å². The third-order valence-electron chi connectivity index (χ3n) is 2.69. The molecule has 7 nitrogen and oxygen atoms in total. The number of nitrogens with zero attached hydrogens (tertiary/aromatic N) is 3. The van der Waals surface area contributed by atoms with E-state index in [1.165, 1.54) is 23.8 Å². The molecule has 1 aromatic rings. The van der Waals surface area contributed by atoms with Crippen molar-refractivity contribution < 1.29 is 13.2 Å². The normalized spacial score (nSPS) is 11.3. The van der Waals surface area contributed by atoms with E-state index in [0.717, 1.165) is 0 Å². The first-order valence-corrected chi connectivity index (χ1v) is 7.49. The van der Waals surface area contributed by atoms with E-state index in [4.69, 9.17) is 10.00 Å². The Morgan fingerprint density at radius 1 is 1.50 bits per heavy atom. The Morgan fingerprint density at radius 3 is 2.85 bits per heavy atom. The molecule has 1 rings (SSSR count). The molecule has 0 spiro atoms. The van der Waals surface area contributed by atoms with Crippen molar-refractivity contribution in [2.24, 2.45) is 0 Å². The van der Waals surface area contributed by atoms with Gasteiger partial charge in [-0.15, -0.1) is 0 Å². The summed E-state index contributed by atoms with van der Waals surface area (Å²) in [6.45, 7) is 0.582. The third-order valence-corrected chi connectivity index (χ3v) is 4.62. The molecule has 0 aromatic carbocycles. The molecule has 1 N–H and O–H groups in total. The molecule has 0 fully saturated rings. The van der Waals surface area contributed by atoms with Gasteiger partial charge in [0.05, 0.1) is 18.4 Å². The molecule has 0 bridgehead atoms. The van der Waals surface area contributed by atoms with Crippen molar-refractivity contribution in [2.75, 3.05) is 39.2 Å². The molecule has 1 aromatic heterocycles. The summed E-state index contributed by atoms with van der Waals surface area (Å²) in [5, 5.41) is 11.5. The van der Waals surface area contributed by atoms with Crippen LogP contribution in [-0.2, 0) is 14.8 Å². The fraction of sp³-hybridized carbons (Fsp3) is 0.500. The van der Waals surface area contributed by atoms with Crippen LogP contribution in [-0.4, -0.2) is 51.6 Å². The van der Waals surface area contributed by atoms with Crippen molar-refractivity contribution in [1.29, 1.82) is 5.26 Å². The second-order valence-corrected chi connectivity index (χ2v) is 5.83. The van der Waals surface area contributed by atoms with Crippen LogP contribution in [0.25, 0.3) is 0 Å². The number of anilines is 1. The molecule has 110 valence electrons. The fourth-order valence-electron chi connectivity index (χ4n) is 1.65. The zero-order chi connectivity index (χ0) is 15.0. The summed E-state index contributed by atoms with van der Waals surface area (Å²) >= 11 is 0. The van der Waals surface area contributed by atoms with E-state index in [9.17, 15) is 8.42 Å². The lowest BCUT2D eigenvalue weighted by Crippen LogP contribution is -2.35. The van der Waals surface area contributed by atoms with Gasteiger partial charge in [0.25, 0.3) is 0 Å². The summed E-state index contributed by atoms with van der Waals surface area (Å²) in [5.41, 5.74) is 0.472. The second kappa shape index (κ2) is 7.79. The number of hydrogen-bond acceptors (Lipinski definition) is 6. The fourth-order valence-corrected chi connectivity index (χ4v) is 3.22. The highest BCUT2D eigenvalue weighted by Gasteiger charge is 2.26. The Labute approximate surface area is 119 Å². The quantitative estimate of drug-likeness (QED) is 0.758. The van der Waals surface area contributed by atoms with Crippen molar-refractivity contribution >= 4 is 15.7 Å².